The Balaban J connectivity index is 1.77. The maximum Gasteiger partial charge on any atom is 0.243 e. The van der Waals surface area contributed by atoms with Crippen LogP contribution in [-0.4, -0.2) is 48.7 Å². The van der Waals surface area contributed by atoms with E-state index in [1.165, 1.54) is 0 Å². The lowest BCUT2D eigenvalue weighted by molar-refractivity contribution is 0.120. The molecule has 0 unspecified atom stereocenters. The number of rotatable bonds is 7. The molecule has 1 aliphatic rings. The van der Waals surface area contributed by atoms with Gasteiger partial charge in [-0.1, -0.05) is 24.3 Å². The van der Waals surface area contributed by atoms with E-state index in [0.29, 0.717) is 35.4 Å². The molecule has 7 nitrogen and oxygen atoms in total. The second-order valence-electron chi connectivity index (χ2n) is 6.75. The highest BCUT2D eigenvalue weighted by atomic mass is 16.5. The molecule has 1 fully saturated rings. The molecule has 1 atom stereocenters. The van der Waals surface area contributed by atoms with Crippen molar-refractivity contribution in [1.29, 1.82) is 0 Å². The molecule has 2 heterocycles. The van der Waals surface area contributed by atoms with Crippen LogP contribution in [0.1, 0.15) is 12.8 Å². The Morgan fingerprint density at radius 2 is 1.59 bits per heavy atom. The molecule has 0 aliphatic carbocycles. The SMILES string of the molecule is COc1ccccc1-c1nnc(NC[C@H]2CCCO2)nc1-c1ccccc1OC. The Morgan fingerprint density at radius 3 is 2.21 bits per heavy atom. The van der Waals surface area contributed by atoms with Crippen molar-refractivity contribution in [2.75, 3.05) is 32.7 Å². The first-order chi connectivity index (χ1) is 14.3. The van der Waals surface area contributed by atoms with E-state index in [1.807, 2.05) is 48.5 Å². The Bertz CT molecular complexity index is 974. The highest BCUT2D eigenvalue weighted by Crippen LogP contribution is 2.38. The first-order valence-electron chi connectivity index (χ1n) is 9.67. The zero-order valence-electron chi connectivity index (χ0n) is 16.6. The number of hydrogen-bond donors (Lipinski definition) is 1. The largest absolute Gasteiger partial charge is 0.496 e. The fourth-order valence-corrected chi connectivity index (χ4v) is 3.46. The summed E-state index contributed by atoms with van der Waals surface area (Å²) in [5.74, 6) is 1.88. The number of nitrogens with one attached hydrogen (secondary N) is 1. The summed E-state index contributed by atoms with van der Waals surface area (Å²) in [7, 11) is 3.28. The molecule has 3 aromatic rings. The summed E-state index contributed by atoms with van der Waals surface area (Å²) in [6, 6.07) is 15.4. The Hall–Kier alpha value is -3.19. The molecule has 0 amide bonds. The Kier molecular flexibility index (Phi) is 5.86. The molecule has 29 heavy (non-hydrogen) atoms. The molecule has 150 valence electrons. The molecule has 1 aromatic heterocycles. The number of methoxy groups -OCH3 is 2. The summed E-state index contributed by atoms with van der Waals surface area (Å²) in [6.07, 6.45) is 2.31. The third-order valence-corrected chi connectivity index (χ3v) is 4.92. The molecular weight excluding hydrogens is 368 g/mol. The van der Waals surface area contributed by atoms with Gasteiger partial charge in [-0.2, -0.15) is 0 Å². The van der Waals surface area contributed by atoms with Gasteiger partial charge in [-0.05, 0) is 37.1 Å². The molecule has 0 radical (unpaired) electrons. The van der Waals surface area contributed by atoms with Gasteiger partial charge >= 0.3 is 0 Å². The minimum atomic E-state index is 0.183. The van der Waals surface area contributed by atoms with E-state index in [-0.39, 0.29) is 6.10 Å². The average molecular weight is 392 g/mol. The van der Waals surface area contributed by atoms with E-state index >= 15 is 0 Å². The zero-order chi connectivity index (χ0) is 20.1. The molecule has 0 saturated carbocycles. The summed E-state index contributed by atoms with van der Waals surface area (Å²) in [5.41, 5.74) is 2.97. The molecule has 2 aromatic carbocycles. The van der Waals surface area contributed by atoms with Crippen LogP contribution in [0.3, 0.4) is 0 Å². The van der Waals surface area contributed by atoms with Crippen molar-refractivity contribution in [2.24, 2.45) is 0 Å². The maximum atomic E-state index is 5.67. The van der Waals surface area contributed by atoms with Crippen LogP contribution in [0.15, 0.2) is 48.5 Å². The standard InChI is InChI=1S/C22H24N4O3/c1-27-18-11-5-3-9-16(18)20-21(17-10-4-6-12-19(17)28-2)25-26-22(24-20)23-14-15-8-7-13-29-15/h3-6,9-12,15H,7-8,13-14H2,1-2H3,(H,23,24,26)/t15-/m1/s1. The predicted octanol–water partition coefficient (Wildman–Crippen LogP) is 3.81. The normalized spacial score (nSPS) is 15.9. The third kappa shape index (κ3) is 4.14. The van der Waals surface area contributed by atoms with Crippen LogP contribution in [0.4, 0.5) is 5.95 Å². The van der Waals surface area contributed by atoms with Crippen molar-refractivity contribution < 1.29 is 14.2 Å². The topological polar surface area (TPSA) is 78.4 Å². The Labute approximate surface area is 170 Å². The first-order valence-corrected chi connectivity index (χ1v) is 9.67. The van der Waals surface area contributed by atoms with Crippen LogP contribution in [0, 0.1) is 0 Å². The van der Waals surface area contributed by atoms with E-state index in [0.717, 1.165) is 30.6 Å². The molecule has 1 N–H and O–H groups in total. The van der Waals surface area contributed by atoms with Gasteiger partial charge in [0.2, 0.25) is 5.95 Å². The minimum Gasteiger partial charge on any atom is -0.496 e. The lowest BCUT2D eigenvalue weighted by Gasteiger charge is -2.15. The van der Waals surface area contributed by atoms with Gasteiger partial charge < -0.3 is 19.5 Å². The van der Waals surface area contributed by atoms with Crippen molar-refractivity contribution >= 4 is 5.95 Å². The van der Waals surface area contributed by atoms with Crippen LogP contribution in [0.5, 0.6) is 11.5 Å². The highest BCUT2D eigenvalue weighted by Gasteiger charge is 2.20. The number of anilines is 1. The molecule has 0 bridgehead atoms. The lowest BCUT2D eigenvalue weighted by atomic mass is 10.0. The number of aromatic nitrogens is 3. The molecule has 0 spiro atoms. The number of para-hydroxylation sites is 2. The van der Waals surface area contributed by atoms with Gasteiger partial charge in [-0.15, -0.1) is 10.2 Å². The maximum absolute atomic E-state index is 5.67. The third-order valence-electron chi connectivity index (χ3n) is 4.92. The molecule has 1 saturated heterocycles. The van der Waals surface area contributed by atoms with E-state index in [1.54, 1.807) is 14.2 Å². The van der Waals surface area contributed by atoms with Crippen LogP contribution in [0.2, 0.25) is 0 Å². The van der Waals surface area contributed by atoms with Gasteiger partial charge in [0.05, 0.1) is 20.3 Å². The fourth-order valence-electron chi connectivity index (χ4n) is 3.46. The van der Waals surface area contributed by atoms with E-state index in [4.69, 9.17) is 19.2 Å². The van der Waals surface area contributed by atoms with Gasteiger partial charge in [-0.25, -0.2) is 4.98 Å². The van der Waals surface area contributed by atoms with Gasteiger partial charge in [0.25, 0.3) is 0 Å². The van der Waals surface area contributed by atoms with Gasteiger partial charge in [0, 0.05) is 24.3 Å². The summed E-state index contributed by atoms with van der Waals surface area (Å²) < 4.78 is 16.8. The molecule has 4 rings (SSSR count). The monoisotopic (exact) mass is 392 g/mol. The smallest absolute Gasteiger partial charge is 0.243 e. The van der Waals surface area contributed by atoms with Crippen LogP contribution in [0.25, 0.3) is 22.5 Å². The van der Waals surface area contributed by atoms with Crippen molar-refractivity contribution in [3.8, 4) is 34.0 Å². The van der Waals surface area contributed by atoms with Crippen LogP contribution >= 0.6 is 0 Å². The number of benzene rings is 2. The van der Waals surface area contributed by atoms with Gasteiger partial charge in [0.15, 0.2) is 0 Å². The summed E-state index contributed by atoms with van der Waals surface area (Å²) in [6.45, 7) is 1.46. The predicted molar refractivity (Wildman–Crippen MR) is 111 cm³/mol. The first kappa shape index (κ1) is 19.1. The quantitative estimate of drug-likeness (QED) is 0.655. The van der Waals surface area contributed by atoms with Crippen LogP contribution < -0.4 is 14.8 Å². The minimum absolute atomic E-state index is 0.183. The van der Waals surface area contributed by atoms with Gasteiger partial charge in [-0.3, -0.25) is 0 Å². The van der Waals surface area contributed by atoms with Crippen molar-refractivity contribution in [3.63, 3.8) is 0 Å². The zero-order valence-corrected chi connectivity index (χ0v) is 16.6. The molecular formula is C22H24N4O3. The fraction of sp³-hybridized carbons (Fsp3) is 0.318. The Morgan fingerprint density at radius 1 is 0.931 bits per heavy atom. The van der Waals surface area contributed by atoms with E-state index in [2.05, 4.69) is 15.5 Å². The summed E-state index contributed by atoms with van der Waals surface area (Å²) in [4.78, 5) is 4.79. The number of ether oxygens (including phenoxy) is 3. The summed E-state index contributed by atoms with van der Waals surface area (Å²) >= 11 is 0. The average Bonchev–Trinajstić information content (AvgIpc) is 3.31. The molecule has 1 aliphatic heterocycles. The van der Waals surface area contributed by atoms with Crippen molar-refractivity contribution in [3.05, 3.63) is 48.5 Å². The second-order valence-corrected chi connectivity index (χ2v) is 6.75. The number of hydrogen-bond acceptors (Lipinski definition) is 7. The molecule has 7 heteroatoms. The highest BCUT2D eigenvalue weighted by molar-refractivity contribution is 5.83. The van der Waals surface area contributed by atoms with Crippen molar-refractivity contribution in [1.82, 2.24) is 15.2 Å². The van der Waals surface area contributed by atoms with Crippen LogP contribution in [-0.2, 0) is 4.74 Å². The second kappa shape index (κ2) is 8.87. The summed E-state index contributed by atoms with van der Waals surface area (Å²) in [5, 5.41) is 12.1. The van der Waals surface area contributed by atoms with Crippen molar-refractivity contribution in [2.45, 2.75) is 18.9 Å². The van der Waals surface area contributed by atoms with Gasteiger partial charge in [0.1, 0.15) is 22.9 Å². The lowest BCUT2D eigenvalue weighted by Crippen LogP contribution is -2.20. The van der Waals surface area contributed by atoms with E-state index in [9.17, 15) is 0 Å². The van der Waals surface area contributed by atoms with E-state index < -0.39 is 0 Å². The number of nitrogens with zero attached hydrogens (tertiary/aromatic N) is 3.